The van der Waals surface area contributed by atoms with E-state index in [1.54, 1.807) is 0 Å². The molecule has 0 saturated heterocycles. The molecule has 0 heterocycles. The zero-order valence-electron chi connectivity index (χ0n) is 50.5. The number of hydrogen-bond acceptors (Lipinski definition) is 6. The standard InChI is InChI=1S/C70H124O6/c1-4-7-10-13-16-19-22-25-28-31-33-34-35-36-37-40-42-45-48-51-54-57-60-63-69(72)75-66-67(65-74-68(71)62-59-56-53-50-47-44-41-38-30-27-24-21-18-15-12-9-6-3)76-70(73)64-61-58-55-52-49-46-43-39-32-29-26-23-20-17-14-11-8-5-2/h7,10,16,19,25,28-29,32-34,36-37,67H,4-6,8-9,11-15,17-18,20-24,26-27,30-31,35,38-66H2,1-3H3/b10-7-,19-16-,28-25-,32-29-,34-33-,37-36-. The van der Waals surface area contributed by atoms with E-state index in [9.17, 15) is 14.4 Å². The SMILES string of the molecule is CC/C=C\C/C=C\C/C=C\C/C=C\C/C=C\CCCCCCCCCC(=O)OCC(COC(=O)CCCCCCCCCCCCCCCCCCC)OC(=O)CCCCCCCCC/C=C\CCCCCCCCC. The van der Waals surface area contributed by atoms with Crippen molar-refractivity contribution >= 4 is 17.9 Å². The van der Waals surface area contributed by atoms with E-state index >= 15 is 0 Å². The molecule has 0 saturated carbocycles. The van der Waals surface area contributed by atoms with E-state index in [0.29, 0.717) is 19.3 Å². The van der Waals surface area contributed by atoms with Crippen LogP contribution in [0.2, 0.25) is 0 Å². The molecule has 6 nitrogen and oxygen atoms in total. The van der Waals surface area contributed by atoms with Crippen molar-refractivity contribution in [2.45, 2.75) is 341 Å². The van der Waals surface area contributed by atoms with E-state index < -0.39 is 6.10 Å². The molecule has 0 spiro atoms. The van der Waals surface area contributed by atoms with Gasteiger partial charge in [0.1, 0.15) is 13.2 Å². The largest absolute Gasteiger partial charge is 0.462 e. The van der Waals surface area contributed by atoms with Gasteiger partial charge in [-0.3, -0.25) is 14.4 Å². The number of carbonyl (C=O) groups excluding carboxylic acids is 3. The fourth-order valence-electron chi connectivity index (χ4n) is 9.53. The molecule has 1 atom stereocenters. The predicted molar refractivity (Wildman–Crippen MR) is 330 cm³/mol. The molecule has 0 amide bonds. The molecular formula is C70H124O6. The Hall–Kier alpha value is -3.15. The molecule has 0 N–H and O–H groups in total. The van der Waals surface area contributed by atoms with Gasteiger partial charge in [0.2, 0.25) is 0 Å². The van der Waals surface area contributed by atoms with Gasteiger partial charge in [-0.15, -0.1) is 0 Å². The van der Waals surface area contributed by atoms with Gasteiger partial charge in [0.25, 0.3) is 0 Å². The number of unbranched alkanes of at least 4 members (excludes halogenated alkanes) is 37. The highest BCUT2D eigenvalue weighted by molar-refractivity contribution is 5.71. The summed E-state index contributed by atoms with van der Waals surface area (Å²) >= 11 is 0. The maximum atomic E-state index is 12.9. The van der Waals surface area contributed by atoms with Crippen LogP contribution in [0.1, 0.15) is 335 Å². The summed E-state index contributed by atoms with van der Waals surface area (Å²) in [5.41, 5.74) is 0. The van der Waals surface area contributed by atoms with Crippen LogP contribution in [0.4, 0.5) is 0 Å². The smallest absolute Gasteiger partial charge is 0.306 e. The normalized spacial score (nSPS) is 12.5. The molecule has 0 aliphatic heterocycles. The molecular weight excluding hydrogens is 937 g/mol. The van der Waals surface area contributed by atoms with Crippen molar-refractivity contribution in [2.24, 2.45) is 0 Å². The molecule has 0 aliphatic rings. The Morgan fingerprint density at radius 3 is 0.816 bits per heavy atom. The van der Waals surface area contributed by atoms with Crippen LogP contribution >= 0.6 is 0 Å². The second-order valence-electron chi connectivity index (χ2n) is 22.0. The quantitative estimate of drug-likeness (QED) is 0.0261. The minimum absolute atomic E-state index is 0.0772. The van der Waals surface area contributed by atoms with Crippen LogP contribution in [-0.4, -0.2) is 37.2 Å². The second kappa shape index (κ2) is 64.4. The molecule has 440 valence electrons. The first-order valence-corrected chi connectivity index (χ1v) is 32.9. The van der Waals surface area contributed by atoms with Gasteiger partial charge in [0.05, 0.1) is 0 Å². The number of ether oxygens (including phenoxy) is 3. The zero-order chi connectivity index (χ0) is 55.0. The van der Waals surface area contributed by atoms with Crippen LogP contribution in [-0.2, 0) is 28.6 Å². The highest BCUT2D eigenvalue weighted by atomic mass is 16.6. The molecule has 1 unspecified atom stereocenters. The number of allylic oxidation sites excluding steroid dienone is 12. The average Bonchev–Trinajstić information content (AvgIpc) is 3.42. The Labute approximate surface area is 472 Å². The minimum Gasteiger partial charge on any atom is -0.462 e. The molecule has 0 aromatic heterocycles. The average molecular weight is 1060 g/mol. The van der Waals surface area contributed by atoms with Gasteiger partial charge in [-0.2, -0.15) is 0 Å². The fraction of sp³-hybridized carbons (Fsp3) is 0.786. The lowest BCUT2D eigenvalue weighted by molar-refractivity contribution is -0.167. The highest BCUT2D eigenvalue weighted by Gasteiger charge is 2.19. The maximum Gasteiger partial charge on any atom is 0.306 e. The lowest BCUT2D eigenvalue weighted by Gasteiger charge is -2.18. The van der Waals surface area contributed by atoms with Crippen LogP contribution in [0, 0.1) is 0 Å². The van der Waals surface area contributed by atoms with Crippen LogP contribution in [0.3, 0.4) is 0 Å². The summed E-state index contributed by atoms with van der Waals surface area (Å²) in [6.45, 7) is 6.56. The van der Waals surface area contributed by atoms with Crippen molar-refractivity contribution in [3.8, 4) is 0 Å². The van der Waals surface area contributed by atoms with Crippen molar-refractivity contribution in [1.29, 1.82) is 0 Å². The third-order valence-corrected chi connectivity index (χ3v) is 14.4. The van der Waals surface area contributed by atoms with E-state index in [-0.39, 0.29) is 31.1 Å². The topological polar surface area (TPSA) is 78.9 Å². The van der Waals surface area contributed by atoms with Crippen LogP contribution in [0.25, 0.3) is 0 Å². The first-order chi connectivity index (χ1) is 37.5. The van der Waals surface area contributed by atoms with Crippen LogP contribution in [0.5, 0.6) is 0 Å². The summed E-state index contributed by atoms with van der Waals surface area (Å²) < 4.78 is 17.0. The fourth-order valence-corrected chi connectivity index (χ4v) is 9.53. The lowest BCUT2D eigenvalue weighted by Crippen LogP contribution is -2.30. The minimum atomic E-state index is -0.782. The Balaban J connectivity index is 4.37. The summed E-state index contributed by atoms with van der Waals surface area (Å²) in [4.78, 5) is 38.4. The van der Waals surface area contributed by atoms with Crippen LogP contribution < -0.4 is 0 Å². The molecule has 0 fully saturated rings. The molecule has 6 heteroatoms. The lowest BCUT2D eigenvalue weighted by atomic mass is 10.0. The van der Waals surface area contributed by atoms with Gasteiger partial charge in [-0.05, 0) is 89.9 Å². The predicted octanol–water partition coefficient (Wildman–Crippen LogP) is 22.5. The highest BCUT2D eigenvalue weighted by Crippen LogP contribution is 2.17. The molecule has 0 radical (unpaired) electrons. The van der Waals surface area contributed by atoms with Gasteiger partial charge < -0.3 is 14.2 Å². The van der Waals surface area contributed by atoms with Gasteiger partial charge in [-0.25, -0.2) is 0 Å². The van der Waals surface area contributed by atoms with Gasteiger partial charge in [-0.1, -0.05) is 299 Å². The third-order valence-electron chi connectivity index (χ3n) is 14.4. The van der Waals surface area contributed by atoms with Crippen molar-refractivity contribution < 1.29 is 28.6 Å². The van der Waals surface area contributed by atoms with E-state index in [0.717, 1.165) is 96.3 Å². The first-order valence-electron chi connectivity index (χ1n) is 32.9. The summed E-state index contributed by atoms with van der Waals surface area (Å²) in [5.74, 6) is -0.874. The van der Waals surface area contributed by atoms with Crippen molar-refractivity contribution in [2.75, 3.05) is 13.2 Å². The zero-order valence-corrected chi connectivity index (χ0v) is 50.5. The molecule has 0 aromatic rings. The maximum absolute atomic E-state index is 12.9. The third kappa shape index (κ3) is 61.7. The second-order valence-corrected chi connectivity index (χ2v) is 22.0. The Kier molecular flexibility index (Phi) is 61.7. The molecule has 0 bridgehead atoms. The number of hydrogen-bond donors (Lipinski definition) is 0. The van der Waals surface area contributed by atoms with Crippen LogP contribution in [0.15, 0.2) is 72.9 Å². The monoisotopic (exact) mass is 1060 g/mol. The molecule has 0 aliphatic carbocycles. The summed E-state index contributed by atoms with van der Waals surface area (Å²) in [6, 6.07) is 0. The van der Waals surface area contributed by atoms with Crippen molar-refractivity contribution in [1.82, 2.24) is 0 Å². The number of esters is 3. The van der Waals surface area contributed by atoms with Gasteiger partial charge in [0.15, 0.2) is 6.10 Å². The number of rotatable bonds is 60. The van der Waals surface area contributed by atoms with E-state index in [1.165, 1.54) is 199 Å². The molecule has 0 rings (SSSR count). The summed E-state index contributed by atoms with van der Waals surface area (Å²) in [5, 5.41) is 0. The van der Waals surface area contributed by atoms with E-state index in [4.69, 9.17) is 14.2 Å². The molecule has 76 heavy (non-hydrogen) atoms. The van der Waals surface area contributed by atoms with E-state index in [1.807, 2.05) is 0 Å². The van der Waals surface area contributed by atoms with Crippen molar-refractivity contribution in [3.05, 3.63) is 72.9 Å². The Morgan fingerprint density at radius 2 is 0.513 bits per heavy atom. The van der Waals surface area contributed by atoms with Gasteiger partial charge in [0, 0.05) is 19.3 Å². The summed E-state index contributed by atoms with van der Waals surface area (Å²) in [7, 11) is 0. The van der Waals surface area contributed by atoms with E-state index in [2.05, 4.69) is 93.7 Å². The number of carbonyl (C=O) groups is 3. The van der Waals surface area contributed by atoms with Gasteiger partial charge >= 0.3 is 17.9 Å². The first kappa shape index (κ1) is 72.8. The Morgan fingerprint density at radius 1 is 0.276 bits per heavy atom. The molecule has 0 aromatic carbocycles. The Bertz CT molecular complexity index is 1400. The van der Waals surface area contributed by atoms with Crippen molar-refractivity contribution in [3.63, 3.8) is 0 Å². The summed E-state index contributed by atoms with van der Waals surface area (Å²) in [6.07, 6.45) is 83.3.